The van der Waals surface area contributed by atoms with E-state index in [9.17, 15) is 5.11 Å². The van der Waals surface area contributed by atoms with Crippen LogP contribution in [0.1, 0.15) is 31.2 Å². The van der Waals surface area contributed by atoms with E-state index in [1.807, 2.05) is 12.1 Å². The van der Waals surface area contributed by atoms with Crippen LogP contribution in [-0.2, 0) is 0 Å². The van der Waals surface area contributed by atoms with Gasteiger partial charge in [-0.2, -0.15) is 0 Å². The molecule has 3 N–H and O–H groups in total. The number of anilines is 2. The van der Waals surface area contributed by atoms with Crippen LogP contribution in [0.4, 0.5) is 11.4 Å². The third-order valence-corrected chi connectivity index (χ3v) is 3.62. The topological polar surface area (TPSA) is 49.5 Å². The molecule has 1 atom stereocenters. The summed E-state index contributed by atoms with van der Waals surface area (Å²) in [6, 6.07) is 6.30. The molecule has 0 bridgehead atoms. The smallest absolute Gasteiger partial charge is 0.0635 e. The van der Waals surface area contributed by atoms with E-state index in [-0.39, 0.29) is 12.6 Å². The van der Waals surface area contributed by atoms with E-state index in [1.54, 1.807) is 0 Å². The number of hydrogen-bond donors (Lipinski definition) is 2. The first-order valence-corrected chi connectivity index (χ1v) is 6.46. The molecule has 94 valence electrons. The molecule has 1 fully saturated rings. The van der Waals surface area contributed by atoms with Crippen molar-refractivity contribution in [2.45, 2.75) is 38.6 Å². The molecule has 1 aliphatic rings. The van der Waals surface area contributed by atoms with Crippen LogP contribution in [0, 0.1) is 6.92 Å². The van der Waals surface area contributed by atoms with Crippen LogP contribution in [0.25, 0.3) is 0 Å². The number of aliphatic hydroxyl groups is 1. The Bertz CT molecular complexity index is 378. The third kappa shape index (κ3) is 2.72. The molecule has 1 aromatic carbocycles. The van der Waals surface area contributed by atoms with Gasteiger partial charge in [-0.1, -0.05) is 12.8 Å². The minimum absolute atomic E-state index is 0.240. The summed E-state index contributed by atoms with van der Waals surface area (Å²) in [4.78, 5) is 2.35. The van der Waals surface area contributed by atoms with E-state index >= 15 is 0 Å². The molecule has 0 spiro atoms. The van der Waals surface area contributed by atoms with Gasteiger partial charge in [-0.3, -0.25) is 0 Å². The van der Waals surface area contributed by atoms with E-state index in [2.05, 4.69) is 17.9 Å². The quantitative estimate of drug-likeness (QED) is 0.772. The molecule has 1 saturated heterocycles. The standard InChI is InChI=1S/C14H22N2O/c1-11-9-12(15)6-7-14(11)16-8-4-2-3-5-13(16)10-17/h6-7,9,13,17H,2-5,8,10,15H2,1H3. The Hall–Kier alpha value is -1.22. The van der Waals surface area contributed by atoms with Gasteiger partial charge in [-0.25, -0.2) is 0 Å². The first-order valence-electron chi connectivity index (χ1n) is 6.46. The van der Waals surface area contributed by atoms with Crippen molar-refractivity contribution in [1.29, 1.82) is 0 Å². The summed E-state index contributed by atoms with van der Waals surface area (Å²) in [5.41, 5.74) is 9.02. The van der Waals surface area contributed by atoms with E-state index in [4.69, 9.17) is 5.73 Å². The number of aliphatic hydroxyl groups excluding tert-OH is 1. The maximum atomic E-state index is 9.53. The lowest BCUT2D eigenvalue weighted by Gasteiger charge is -2.32. The summed E-state index contributed by atoms with van der Waals surface area (Å²) in [7, 11) is 0. The minimum Gasteiger partial charge on any atom is -0.399 e. The predicted molar refractivity (Wildman–Crippen MR) is 72.3 cm³/mol. The second-order valence-electron chi connectivity index (χ2n) is 4.93. The van der Waals surface area contributed by atoms with Gasteiger partial charge in [-0.15, -0.1) is 0 Å². The Balaban J connectivity index is 2.28. The van der Waals surface area contributed by atoms with Gasteiger partial charge in [0, 0.05) is 17.9 Å². The zero-order valence-corrected chi connectivity index (χ0v) is 10.5. The Labute approximate surface area is 103 Å². The van der Waals surface area contributed by atoms with Crippen molar-refractivity contribution in [1.82, 2.24) is 0 Å². The van der Waals surface area contributed by atoms with Crippen molar-refractivity contribution < 1.29 is 5.11 Å². The molecule has 1 aromatic rings. The van der Waals surface area contributed by atoms with Crippen molar-refractivity contribution in [3.8, 4) is 0 Å². The van der Waals surface area contributed by atoms with Gasteiger partial charge in [0.25, 0.3) is 0 Å². The van der Waals surface area contributed by atoms with Gasteiger partial charge < -0.3 is 15.7 Å². The number of nitrogen functional groups attached to an aromatic ring is 1. The molecular formula is C14H22N2O. The molecule has 1 heterocycles. The molecular weight excluding hydrogens is 212 g/mol. The highest BCUT2D eigenvalue weighted by Gasteiger charge is 2.21. The molecule has 0 aromatic heterocycles. The second-order valence-corrected chi connectivity index (χ2v) is 4.93. The Morgan fingerprint density at radius 3 is 2.88 bits per heavy atom. The molecule has 0 amide bonds. The monoisotopic (exact) mass is 234 g/mol. The van der Waals surface area contributed by atoms with Crippen molar-refractivity contribution in [3.63, 3.8) is 0 Å². The molecule has 2 rings (SSSR count). The second kappa shape index (κ2) is 5.41. The third-order valence-electron chi connectivity index (χ3n) is 3.62. The number of benzene rings is 1. The lowest BCUT2D eigenvalue weighted by molar-refractivity contribution is 0.255. The highest BCUT2D eigenvalue weighted by molar-refractivity contribution is 5.59. The maximum absolute atomic E-state index is 9.53. The molecule has 1 unspecified atom stereocenters. The number of aryl methyl sites for hydroxylation is 1. The fourth-order valence-electron chi connectivity index (χ4n) is 2.69. The summed E-state index contributed by atoms with van der Waals surface area (Å²) in [6.45, 7) is 3.37. The zero-order chi connectivity index (χ0) is 12.3. The molecule has 3 nitrogen and oxygen atoms in total. The van der Waals surface area contributed by atoms with E-state index in [1.165, 1.54) is 30.5 Å². The van der Waals surface area contributed by atoms with Crippen LogP contribution in [-0.4, -0.2) is 24.3 Å². The molecule has 1 aliphatic heterocycles. The number of rotatable bonds is 2. The summed E-state index contributed by atoms with van der Waals surface area (Å²) in [5.74, 6) is 0. The van der Waals surface area contributed by atoms with Gasteiger partial charge in [-0.05, 0) is 43.5 Å². The number of nitrogens with zero attached hydrogens (tertiary/aromatic N) is 1. The highest BCUT2D eigenvalue weighted by atomic mass is 16.3. The summed E-state index contributed by atoms with van der Waals surface area (Å²) in [6.07, 6.45) is 4.78. The normalized spacial score (nSPS) is 21.3. The van der Waals surface area contributed by atoms with Crippen LogP contribution in [0.15, 0.2) is 18.2 Å². The van der Waals surface area contributed by atoms with Crippen molar-refractivity contribution in [2.24, 2.45) is 0 Å². The average Bonchev–Trinajstić information content (AvgIpc) is 2.54. The first-order chi connectivity index (χ1) is 8.22. The molecule has 17 heavy (non-hydrogen) atoms. The highest BCUT2D eigenvalue weighted by Crippen LogP contribution is 2.28. The van der Waals surface area contributed by atoms with Crippen LogP contribution in [0.5, 0.6) is 0 Å². The largest absolute Gasteiger partial charge is 0.399 e. The average molecular weight is 234 g/mol. The lowest BCUT2D eigenvalue weighted by Crippen LogP contribution is -2.38. The summed E-state index contributed by atoms with van der Waals surface area (Å²) >= 11 is 0. The number of hydrogen-bond acceptors (Lipinski definition) is 3. The van der Waals surface area contributed by atoms with Gasteiger partial charge in [0.1, 0.15) is 0 Å². The van der Waals surface area contributed by atoms with Crippen molar-refractivity contribution >= 4 is 11.4 Å². The van der Waals surface area contributed by atoms with E-state index < -0.39 is 0 Å². The van der Waals surface area contributed by atoms with E-state index in [0.717, 1.165) is 18.7 Å². The first kappa shape index (κ1) is 12.2. The van der Waals surface area contributed by atoms with Gasteiger partial charge in [0.2, 0.25) is 0 Å². The summed E-state index contributed by atoms with van der Waals surface area (Å²) < 4.78 is 0. The maximum Gasteiger partial charge on any atom is 0.0635 e. The van der Waals surface area contributed by atoms with Crippen LogP contribution in [0.3, 0.4) is 0 Å². The Kier molecular flexibility index (Phi) is 3.89. The van der Waals surface area contributed by atoms with Crippen LogP contribution < -0.4 is 10.6 Å². The van der Waals surface area contributed by atoms with Crippen molar-refractivity contribution in [2.75, 3.05) is 23.8 Å². The Morgan fingerprint density at radius 1 is 1.35 bits per heavy atom. The SMILES string of the molecule is Cc1cc(N)ccc1N1CCCCCC1CO. The van der Waals surface area contributed by atoms with Gasteiger partial charge in [0.05, 0.1) is 12.6 Å². The van der Waals surface area contributed by atoms with E-state index in [0.29, 0.717) is 0 Å². The fraction of sp³-hybridized carbons (Fsp3) is 0.571. The zero-order valence-electron chi connectivity index (χ0n) is 10.5. The molecule has 0 radical (unpaired) electrons. The summed E-state index contributed by atoms with van der Waals surface area (Å²) in [5, 5.41) is 9.53. The van der Waals surface area contributed by atoms with Gasteiger partial charge >= 0.3 is 0 Å². The fourth-order valence-corrected chi connectivity index (χ4v) is 2.69. The minimum atomic E-state index is 0.240. The molecule has 0 saturated carbocycles. The predicted octanol–water partition coefficient (Wildman–Crippen LogP) is 2.32. The lowest BCUT2D eigenvalue weighted by atomic mass is 10.1. The van der Waals surface area contributed by atoms with Crippen LogP contribution in [0.2, 0.25) is 0 Å². The molecule has 3 heteroatoms. The Morgan fingerprint density at radius 2 is 2.18 bits per heavy atom. The van der Waals surface area contributed by atoms with Gasteiger partial charge in [0.15, 0.2) is 0 Å². The number of nitrogens with two attached hydrogens (primary N) is 1. The molecule has 0 aliphatic carbocycles. The van der Waals surface area contributed by atoms with Crippen LogP contribution >= 0.6 is 0 Å². The van der Waals surface area contributed by atoms with Crippen molar-refractivity contribution in [3.05, 3.63) is 23.8 Å².